The van der Waals surface area contributed by atoms with Gasteiger partial charge >= 0.3 is 0 Å². The van der Waals surface area contributed by atoms with Gasteiger partial charge in [-0.05, 0) is 29.8 Å². The molecule has 160 valence electrons. The Balaban J connectivity index is 1.48. The van der Waals surface area contributed by atoms with Crippen molar-refractivity contribution < 1.29 is 9.53 Å². The fourth-order valence-electron chi connectivity index (χ4n) is 3.05. The Morgan fingerprint density at radius 3 is 2.69 bits per heavy atom. The number of anilines is 1. The maximum Gasteiger partial charge on any atom is 0.257 e. The molecule has 1 amide bonds. The molecular formula is C24H19ClN4O3. The van der Waals surface area contributed by atoms with Crippen LogP contribution in [0.2, 0.25) is 5.02 Å². The second-order valence-corrected chi connectivity index (χ2v) is 7.37. The Labute approximate surface area is 189 Å². The highest BCUT2D eigenvalue weighted by Gasteiger charge is 2.11. The second kappa shape index (κ2) is 9.89. The van der Waals surface area contributed by atoms with E-state index in [2.05, 4.69) is 15.3 Å². The van der Waals surface area contributed by atoms with Crippen LogP contribution in [-0.2, 0) is 13.2 Å². The lowest BCUT2D eigenvalue weighted by Gasteiger charge is -2.11. The van der Waals surface area contributed by atoms with Crippen LogP contribution in [0.5, 0.6) is 5.88 Å². The molecule has 0 unspecified atom stereocenters. The van der Waals surface area contributed by atoms with Crippen LogP contribution in [0.15, 0.2) is 90.2 Å². The van der Waals surface area contributed by atoms with E-state index in [-0.39, 0.29) is 18.1 Å². The highest BCUT2D eigenvalue weighted by Crippen LogP contribution is 2.22. The zero-order valence-corrected chi connectivity index (χ0v) is 17.7. The third kappa shape index (κ3) is 5.39. The van der Waals surface area contributed by atoms with Gasteiger partial charge in [-0.1, -0.05) is 41.9 Å². The number of hydrogen-bond acceptors (Lipinski definition) is 5. The van der Waals surface area contributed by atoms with E-state index in [4.69, 9.17) is 16.3 Å². The first kappa shape index (κ1) is 21.3. The summed E-state index contributed by atoms with van der Waals surface area (Å²) < 4.78 is 7.10. The third-order valence-electron chi connectivity index (χ3n) is 4.66. The van der Waals surface area contributed by atoms with Crippen molar-refractivity contribution in [2.75, 3.05) is 5.32 Å². The molecule has 8 heteroatoms. The van der Waals surface area contributed by atoms with Gasteiger partial charge in [-0.25, -0.2) is 4.98 Å². The van der Waals surface area contributed by atoms with E-state index < -0.39 is 0 Å². The standard InChI is InChI=1S/C24H19ClN4O3/c25-21-8-7-20(12-19(21)16-32-22-13-26-10-11-27-22)28-24(31)18-6-9-23(30)29(15-18)14-17-4-2-1-3-5-17/h1-13,15H,14,16H2,(H,28,31). The van der Waals surface area contributed by atoms with Gasteiger partial charge < -0.3 is 14.6 Å². The largest absolute Gasteiger partial charge is 0.472 e. The monoisotopic (exact) mass is 446 g/mol. The normalized spacial score (nSPS) is 10.5. The first-order valence-corrected chi connectivity index (χ1v) is 10.2. The fraction of sp³-hybridized carbons (Fsp3) is 0.0833. The SMILES string of the molecule is O=C(Nc1ccc(Cl)c(COc2cnccn2)c1)c1ccc(=O)n(Cc2ccccc2)c1. The van der Waals surface area contributed by atoms with Gasteiger partial charge in [0.15, 0.2) is 0 Å². The lowest BCUT2D eigenvalue weighted by Crippen LogP contribution is -2.22. The van der Waals surface area contributed by atoms with Gasteiger partial charge in [-0.15, -0.1) is 0 Å². The number of rotatable bonds is 7. The van der Waals surface area contributed by atoms with Gasteiger partial charge in [0.1, 0.15) is 6.61 Å². The number of pyridine rings is 1. The van der Waals surface area contributed by atoms with E-state index in [1.54, 1.807) is 30.6 Å². The molecule has 4 aromatic rings. The smallest absolute Gasteiger partial charge is 0.257 e. The number of ether oxygens (including phenoxy) is 1. The molecule has 0 saturated carbocycles. The Morgan fingerprint density at radius 2 is 1.91 bits per heavy atom. The molecule has 32 heavy (non-hydrogen) atoms. The first-order valence-electron chi connectivity index (χ1n) is 9.81. The minimum Gasteiger partial charge on any atom is -0.472 e. The van der Waals surface area contributed by atoms with Crippen LogP contribution in [0, 0.1) is 0 Å². The van der Waals surface area contributed by atoms with Crippen molar-refractivity contribution in [1.29, 1.82) is 0 Å². The number of halogens is 1. The van der Waals surface area contributed by atoms with Crippen molar-refractivity contribution in [3.63, 3.8) is 0 Å². The van der Waals surface area contributed by atoms with Gasteiger partial charge in [0.25, 0.3) is 11.5 Å². The number of carbonyl (C=O) groups is 1. The summed E-state index contributed by atoms with van der Waals surface area (Å²) in [6.45, 7) is 0.550. The summed E-state index contributed by atoms with van der Waals surface area (Å²) in [5.74, 6) is 0.0357. The molecule has 2 heterocycles. The quantitative estimate of drug-likeness (QED) is 0.460. The predicted molar refractivity (Wildman–Crippen MR) is 122 cm³/mol. The lowest BCUT2D eigenvalue weighted by atomic mass is 10.2. The number of nitrogens with zero attached hydrogens (tertiary/aromatic N) is 3. The van der Waals surface area contributed by atoms with Crippen LogP contribution in [0.3, 0.4) is 0 Å². The van der Waals surface area contributed by atoms with Crippen LogP contribution < -0.4 is 15.6 Å². The van der Waals surface area contributed by atoms with E-state index in [0.29, 0.717) is 34.3 Å². The number of nitrogens with one attached hydrogen (secondary N) is 1. The van der Waals surface area contributed by atoms with Crippen molar-refractivity contribution in [3.8, 4) is 5.88 Å². The Hall–Kier alpha value is -3.97. The molecule has 0 aliphatic carbocycles. The van der Waals surface area contributed by atoms with Crippen LogP contribution in [0.1, 0.15) is 21.5 Å². The Morgan fingerprint density at radius 1 is 1.06 bits per heavy atom. The summed E-state index contributed by atoms with van der Waals surface area (Å²) in [5, 5.41) is 3.34. The second-order valence-electron chi connectivity index (χ2n) is 6.96. The number of amides is 1. The van der Waals surface area contributed by atoms with Crippen molar-refractivity contribution >= 4 is 23.2 Å². The van der Waals surface area contributed by atoms with E-state index in [1.807, 2.05) is 30.3 Å². The molecule has 0 radical (unpaired) electrons. The van der Waals surface area contributed by atoms with Gasteiger partial charge in [-0.3, -0.25) is 14.6 Å². The average molecular weight is 447 g/mol. The van der Waals surface area contributed by atoms with Crippen LogP contribution >= 0.6 is 11.6 Å². The molecule has 2 aromatic heterocycles. The minimum atomic E-state index is -0.338. The molecule has 0 aliphatic heterocycles. The molecule has 0 fully saturated rings. The van der Waals surface area contributed by atoms with Gasteiger partial charge in [0.05, 0.1) is 18.3 Å². The summed E-state index contributed by atoms with van der Waals surface area (Å²) in [7, 11) is 0. The van der Waals surface area contributed by atoms with Crippen molar-refractivity contribution in [2.24, 2.45) is 0 Å². The molecule has 0 atom stereocenters. The third-order valence-corrected chi connectivity index (χ3v) is 5.03. The molecule has 2 aromatic carbocycles. The van der Waals surface area contributed by atoms with Crippen LogP contribution in [0.4, 0.5) is 5.69 Å². The maximum absolute atomic E-state index is 12.8. The Bertz CT molecular complexity index is 1280. The number of hydrogen-bond donors (Lipinski definition) is 1. The van der Waals surface area contributed by atoms with E-state index >= 15 is 0 Å². The van der Waals surface area contributed by atoms with Gasteiger partial charge in [0, 0.05) is 40.9 Å². The first-order chi connectivity index (χ1) is 15.6. The minimum absolute atomic E-state index is 0.170. The van der Waals surface area contributed by atoms with Crippen LogP contribution in [-0.4, -0.2) is 20.4 Å². The predicted octanol–water partition coefficient (Wildman–Crippen LogP) is 4.17. The summed E-state index contributed by atoms with van der Waals surface area (Å²) in [5.41, 5.74) is 2.40. The highest BCUT2D eigenvalue weighted by molar-refractivity contribution is 6.31. The molecule has 0 bridgehead atoms. The lowest BCUT2D eigenvalue weighted by molar-refractivity contribution is 0.102. The zero-order chi connectivity index (χ0) is 22.3. The van der Waals surface area contributed by atoms with Gasteiger partial charge in [-0.2, -0.15) is 0 Å². The summed E-state index contributed by atoms with van der Waals surface area (Å²) >= 11 is 6.26. The molecule has 4 rings (SSSR count). The summed E-state index contributed by atoms with van der Waals surface area (Å²) in [6.07, 6.45) is 6.15. The van der Waals surface area contributed by atoms with E-state index in [0.717, 1.165) is 5.56 Å². The maximum atomic E-state index is 12.8. The van der Waals surface area contributed by atoms with Gasteiger partial charge in [0.2, 0.25) is 5.88 Å². The van der Waals surface area contributed by atoms with E-state index in [9.17, 15) is 9.59 Å². The molecule has 7 nitrogen and oxygen atoms in total. The number of benzene rings is 2. The fourth-order valence-corrected chi connectivity index (χ4v) is 3.22. The van der Waals surface area contributed by atoms with Crippen LogP contribution in [0.25, 0.3) is 0 Å². The zero-order valence-electron chi connectivity index (χ0n) is 16.9. The topological polar surface area (TPSA) is 86.1 Å². The van der Waals surface area contributed by atoms with Crippen molar-refractivity contribution in [1.82, 2.24) is 14.5 Å². The number of carbonyl (C=O) groups excluding carboxylic acids is 1. The average Bonchev–Trinajstić information content (AvgIpc) is 2.82. The molecule has 0 saturated heterocycles. The molecule has 0 aliphatic rings. The number of aromatic nitrogens is 3. The summed E-state index contributed by atoms with van der Waals surface area (Å²) in [4.78, 5) is 33.0. The Kier molecular flexibility index (Phi) is 6.57. The van der Waals surface area contributed by atoms with Crippen molar-refractivity contribution in [2.45, 2.75) is 13.2 Å². The summed E-state index contributed by atoms with van der Waals surface area (Å²) in [6, 6.07) is 17.6. The highest BCUT2D eigenvalue weighted by atomic mass is 35.5. The van der Waals surface area contributed by atoms with Crippen molar-refractivity contribution in [3.05, 3.63) is 118 Å². The molecule has 0 spiro atoms. The molecular weight excluding hydrogens is 428 g/mol. The molecule has 1 N–H and O–H groups in total. The van der Waals surface area contributed by atoms with E-state index in [1.165, 1.54) is 29.1 Å².